The van der Waals surface area contributed by atoms with Crippen LogP contribution < -0.4 is 18.9 Å². The summed E-state index contributed by atoms with van der Waals surface area (Å²) >= 11 is 8.51. The summed E-state index contributed by atoms with van der Waals surface area (Å²) in [7, 11) is 2.13. The van der Waals surface area contributed by atoms with Gasteiger partial charge in [-0.05, 0) is 85.6 Å². The van der Waals surface area contributed by atoms with Gasteiger partial charge in [-0.15, -0.1) is 11.3 Å². The number of para-hydroxylation sites is 2. The summed E-state index contributed by atoms with van der Waals surface area (Å²) in [6.45, 7) is 9.17. The van der Waals surface area contributed by atoms with E-state index in [0.717, 1.165) is 59.9 Å². The molecule has 0 spiro atoms. The van der Waals surface area contributed by atoms with E-state index >= 15 is 0 Å². The topological polar surface area (TPSA) is 141 Å². The van der Waals surface area contributed by atoms with Crippen molar-refractivity contribution < 1.29 is 38.0 Å². The molecule has 66 heavy (non-hydrogen) atoms. The minimum atomic E-state index is -1.16. The highest BCUT2D eigenvalue weighted by atomic mass is 35.5. The number of hydrogen-bond acceptors (Lipinski definition) is 14. The normalized spacial score (nSPS) is 13.7. The highest BCUT2D eigenvalue weighted by Gasteiger charge is 2.29. The summed E-state index contributed by atoms with van der Waals surface area (Å²) in [5.74, 6) is 1.29. The minimum Gasteiger partial charge on any atom is -0.491 e. The molecule has 1 aliphatic heterocycles. The molecule has 0 radical (unpaired) electrons. The molecule has 7 aromatic rings. The fourth-order valence-electron chi connectivity index (χ4n) is 7.70. The second-order valence-electron chi connectivity index (χ2n) is 15.6. The molecule has 4 aromatic carbocycles. The van der Waals surface area contributed by atoms with E-state index in [-0.39, 0.29) is 44.5 Å². The third kappa shape index (κ3) is 10.9. The zero-order valence-corrected chi connectivity index (χ0v) is 38.5. The van der Waals surface area contributed by atoms with Gasteiger partial charge < -0.3 is 33.7 Å². The predicted molar refractivity (Wildman–Crippen MR) is 253 cm³/mol. The number of piperazine rings is 1. The average molecular weight is 934 g/mol. The first-order valence-electron chi connectivity index (χ1n) is 21.8. The van der Waals surface area contributed by atoms with Crippen molar-refractivity contribution >= 4 is 39.1 Å². The van der Waals surface area contributed by atoms with Gasteiger partial charge in [0.15, 0.2) is 5.82 Å². The number of esters is 1. The first kappa shape index (κ1) is 46.3. The summed E-state index contributed by atoms with van der Waals surface area (Å²) in [6.07, 6.45) is 1.96. The fourth-order valence-corrected chi connectivity index (χ4v) is 9.08. The Morgan fingerprint density at radius 3 is 2.41 bits per heavy atom. The number of rotatable bonds is 19. The van der Waals surface area contributed by atoms with E-state index in [1.807, 2.05) is 61.5 Å². The van der Waals surface area contributed by atoms with Gasteiger partial charge in [0.25, 0.3) is 0 Å². The van der Waals surface area contributed by atoms with Gasteiger partial charge in [0.1, 0.15) is 54.0 Å². The number of nitrogens with zero attached hydrogens (tertiary/aromatic N) is 6. The maximum absolute atomic E-state index is 14.3. The molecular formula is C50H50ClFN6O7S. The Kier molecular flexibility index (Phi) is 15.3. The van der Waals surface area contributed by atoms with Crippen molar-refractivity contribution in [3.8, 4) is 56.1 Å². The number of aromatic nitrogens is 4. The van der Waals surface area contributed by atoms with E-state index in [2.05, 4.69) is 31.8 Å². The lowest BCUT2D eigenvalue weighted by Crippen LogP contribution is -2.45. The van der Waals surface area contributed by atoms with Crippen LogP contribution in [0.1, 0.15) is 23.7 Å². The number of likely N-dealkylation sites (N-methyl/N-ethyl adjacent to an activating group) is 1. The summed E-state index contributed by atoms with van der Waals surface area (Å²) in [6, 6.07) is 26.6. The molecule has 4 heterocycles. The third-order valence-electron chi connectivity index (χ3n) is 11.2. The molecule has 8 rings (SSSR count). The van der Waals surface area contributed by atoms with Gasteiger partial charge in [0.05, 0.1) is 34.9 Å². The number of ether oxygens (including phenoxy) is 5. The molecule has 1 N–H and O–H groups in total. The first-order valence-corrected chi connectivity index (χ1v) is 23.0. The molecule has 16 heteroatoms. The molecule has 0 bridgehead atoms. The van der Waals surface area contributed by atoms with Crippen LogP contribution in [-0.4, -0.2) is 113 Å². The van der Waals surface area contributed by atoms with Crippen molar-refractivity contribution in [2.45, 2.75) is 33.0 Å². The van der Waals surface area contributed by atoms with Crippen molar-refractivity contribution in [1.29, 1.82) is 0 Å². The van der Waals surface area contributed by atoms with Crippen LogP contribution in [0.15, 0.2) is 104 Å². The lowest BCUT2D eigenvalue weighted by Gasteiger charge is -2.32. The van der Waals surface area contributed by atoms with Crippen molar-refractivity contribution in [2.75, 3.05) is 66.2 Å². The molecule has 1 fully saturated rings. The number of carbonyl (C=O) groups is 1. The zero-order chi connectivity index (χ0) is 46.0. The average Bonchev–Trinajstić information content (AvgIpc) is 3.73. The largest absolute Gasteiger partial charge is 0.491 e. The van der Waals surface area contributed by atoms with E-state index in [9.17, 15) is 14.3 Å². The number of carbonyl (C=O) groups excluding carboxylic acids is 1. The van der Waals surface area contributed by atoms with Gasteiger partial charge in [0, 0.05) is 55.8 Å². The number of thiophene rings is 1. The van der Waals surface area contributed by atoms with E-state index in [1.54, 1.807) is 37.4 Å². The smallest absolute Gasteiger partial charge is 0.347 e. The quantitative estimate of drug-likeness (QED) is 0.0774. The molecule has 13 nitrogen and oxygen atoms in total. The third-order valence-corrected chi connectivity index (χ3v) is 12.8. The van der Waals surface area contributed by atoms with Crippen LogP contribution in [0, 0.1) is 12.7 Å². The molecule has 3 aromatic heterocycles. The Morgan fingerprint density at radius 2 is 1.62 bits per heavy atom. The van der Waals surface area contributed by atoms with Gasteiger partial charge in [-0.2, -0.15) is 0 Å². The van der Waals surface area contributed by atoms with Gasteiger partial charge in [-0.25, -0.2) is 29.1 Å². The van der Waals surface area contributed by atoms with Crippen LogP contribution in [0.5, 0.6) is 23.1 Å². The molecule has 0 saturated carbocycles. The molecule has 0 amide bonds. The van der Waals surface area contributed by atoms with Gasteiger partial charge in [0.2, 0.25) is 12.0 Å². The number of aliphatic hydroxyl groups is 1. The van der Waals surface area contributed by atoms with Crippen LogP contribution in [0.4, 0.5) is 4.39 Å². The highest BCUT2D eigenvalue weighted by molar-refractivity contribution is 7.22. The van der Waals surface area contributed by atoms with E-state index < -0.39 is 12.1 Å². The molecule has 1 aliphatic rings. The first-order chi connectivity index (χ1) is 32.2. The molecule has 1 atom stereocenters. The second-order valence-corrected chi connectivity index (χ2v) is 17.0. The molecule has 0 aliphatic carbocycles. The Balaban J connectivity index is 1.09. The van der Waals surface area contributed by atoms with Crippen molar-refractivity contribution in [3.63, 3.8) is 0 Å². The highest BCUT2D eigenvalue weighted by Crippen LogP contribution is 2.49. The number of fused-ring (bicyclic) bond motifs is 1. The number of aliphatic hydroxyl groups excluding tert-OH is 1. The lowest BCUT2D eigenvalue weighted by atomic mass is 9.96. The number of benzene rings is 4. The Morgan fingerprint density at radius 1 is 0.864 bits per heavy atom. The number of halogens is 2. The van der Waals surface area contributed by atoms with Crippen LogP contribution >= 0.6 is 22.9 Å². The molecular weight excluding hydrogens is 883 g/mol. The summed E-state index contributed by atoms with van der Waals surface area (Å²) < 4.78 is 44.9. The van der Waals surface area contributed by atoms with Crippen LogP contribution in [0.25, 0.3) is 43.2 Å². The van der Waals surface area contributed by atoms with Crippen molar-refractivity contribution in [2.24, 2.45) is 0 Å². The van der Waals surface area contributed by atoms with E-state index in [4.69, 9.17) is 40.3 Å². The van der Waals surface area contributed by atoms with E-state index in [0.29, 0.717) is 61.7 Å². The Bertz CT molecular complexity index is 2770. The maximum atomic E-state index is 14.3. The standard InChI is InChI=1S/C50H50ClFN6O7S/c1-4-61-50(60)42(29-34-9-5-7-11-39(34)64-30-36-19-20-53-47(56-36)38-10-6-8-12-40(38)63-28-26-59)65-48-44-43(46(66-49(44)55-31-54-48)33-13-15-35(52)16-14-33)37-17-18-41(45(51)32(37)2)62-27-25-58-23-21-57(3)22-24-58/h5-20,31,42,59H,4,21-30H2,1-3H3/t42-/m1/s1. The van der Waals surface area contributed by atoms with Gasteiger partial charge in [-0.3, -0.25) is 4.90 Å². The van der Waals surface area contributed by atoms with Crippen LogP contribution in [-0.2, 0) is 22.6 Å². The van der Waals surface area contributed by atoms with Crippen molar-refractivity contribution in [3.05, 3.63) is 131 Å². The maximum Gasteiger partial charge on any atom is 0.347 e. The second kappa shape index (κ2) is 21.8. The fraction of sp³-hybridized carbons (Fsp3) is 0.300. The summed E-state index contributed by atoms with van der Waals surface area (Å²) in [5.41, 5.74) is 4.98. The summed E-state index contributed by atoms with van der Waals surface area (Å²) in [4.78, 5) is 38.4. The zero-order valence-electron chi connectivity index (χ0n) is 36.9. The monoisotopic (exact) mass is 932 g/mol. The predicted octanol–water partition coefficient (Wildman–Crippen LogP) is 8.71. The summed E-state index contributed by atoms with van der Waals surface area (Å²) in [5, 5.41) is 10.3. The van der Waals surface area contributed by atoms with Crippen molar-refractivity contribution in [1.82, 2.24) is 29.7 Å². The number of hydrogen-bond donors (Lipinski definition) is 1. The SMILES string of the molecule is CCOC(=O)[C@@H](Cc1ccccc1OCc1ccnc(-c2ccccc2OCCO)n1)Oc1ncnc2sc(-c3ccc(F)cc3)c(-c3ccc(OCCN4CCN(C)CC4)c(Cl)c3C)c12. The Hall–Kier alpha value is -6.23. The molecule has 0 unspecified atom stereocenters. The Labute approximate surface area is 391 Å². The van der Waals surface area contributed by atoms with E-state index in [1.165, 1.54) is 29.8 Å². The lowest BCUT2D eigenvalue weighted by molar-refractivity contribution is -0.151. The van der Waals surface area contributed by atoms with Crippen LogP contribution in [0.3, 0.4) is 0 Å². The minimum absolute atomic E-state index is 0.0698. The van der Waals surface area contributed by atoms with Gasteiger partial charge in [-0.1, -0.05) is 60.1 Å². The van der Waals surface area contributed by atoms with Crippen LogP contribution in [0.2, 0.25) is 5.02 Å². The van der Waals surface area contributed by atoms with Gasteiger partial charge >= 0.3 is 5.97 Å². The molecule has 342 valence electrons. The molecule has 1 saturated heterocycles.